The van der Waals surface area contributed by atoms with Gasteiger partial charge in [-0.05, 0) is 24.6 Å². The number of hydrogen-bond acceptors (Lipinski definition) is 2. The minimum Gasteiger partial charge on any atom is -0.382 e. The van der Waals surface area contributed by atoms with E-state index in [0.29, 0.717) is 16.4 Å². The molecule has 5 heteroatoms. The molecule has 2 rings (SSSR count). The number of anilines is 1. The van der Waals surface area contributed by atoms with E-state index in [9.17, 15) is 4.39 Å². The third kappa shape index (κ3) is 1.76. The lowest BCUT2D eigenvalue weighted by Gasteiger charge is -2.04. The van der Waals surface area contributed by atoms with Crippen molar-refractivity contribution in [3.63, 3.8) is 0 Å². The largest absolute Gasteiger partial charge is 0.382 e. The first kappa shape index (κ1) is 11.0. The molecule has 3 N–H and O–H groups in total. The molecule has 0 fully saturated rings. The van der Waals surface area contributed by atoms with Crippen LogP contribution in [0.4, 0.5) is 10.2 Å². The second-order valence-electron chi connectivity index (χ2n) is 3.44. The van der Waals surface area contributed by atoms with Crippen molar-refractivity contribution >= 4 is 17.4 Å². The highest BCUT2D eigenvalue weighted by atomic mass is 35.5. The highest BCUT2D eigenvalue weighted by Gasteiger charge is 2.13. The third-order valence-corrected chi connectivity index (χ3v) is 2.77. The molecule has 0 aliphatic carbocycles. The van der Waals surface area contributed by atoms with Crippen molar-refractivity contribution in [3.8, 4) is 11.3 Å². The van der Waals surface area contributed by atoms with E-state index in [4.69, 9.17) is 17.3 Å². The van der Waals surface area contributed by atoms with Crippen LogP contribution in [0.3, 0.4) is 0 Å². The highest BCUT2D eigenvalue weighted by molar-refractivity contribution is 6.33. The average molecular weight is 240 g/mol. The Labute approximate surface area is 97.4 Å². The van der Waals surface area contributed by atoms with E-state index in [1.54, 1.807) is 6.07 Å². The minimum absolute atomic E-state index is 0.346. The first-order valence-corrected chi connectivity index (χ1v) is 5.29. The molecule has 0 saturated carbocycles. The zero-order valence-electron chi connectivity index (χ0n) is 8.72. The summed E-state index contributed by atoms with van der Waals surface area (Å²) in [6.07, 6.45) is 0.741. The van der Waals surface area contributed by atoms with E-state index in [-0.39, 0.29) is 5.82 Å². The Morgan fingerprint density at radius 1 is 1.50 bits per heavy atom. The smallest absolute Gasteiger partial charge is 0.149 e. The van der Waals surface area contributed by atoms with Crippen LogP contribution in [0.2, 0.25) is 5.02 Å². The molecule has 0 aliphatic rings. The Morgan fingerprint density at radius 2 is 2.25 bits per heavy atom. The normalized spacial score (nSPS) is 10.7. The SMILES string of the molecule is CCc1c(N)n[nH]c1-c1ccc(F)cc1Cl. The van der Waals surface area contributed by atoms with Crippen LogP contribution in [0.1, 0.15) is 12.5 Å². The predicted molar refractivity (Wildman–Crippen MR) is 62.8 cm³/mol. The number of nitrogens with two attached hydrogens (primary N) is 1. The molecule has 16 heavy (non-hydrogen) atoms. The second kappa shape index (κ2) is 4.14. The van der Waals surface area contributed by atoms with Gasteiger partial charge in [0, 0.05) is 11.1 Å². The summed E-state index contributed by atoms with van der Waals surface area (Å²) in [5.41, 5.74) is 8.07. The van der Waals surface area contributed by atoms with Crippen LogP contribution in [0.25, 0.3) is 11.3 Å². The van der Waals surface area contributed by atoms with Crippen molar-refractivity contribution in [2.75, 3.05) is 5.73 Å². The Kier molecular flexibility index (Phi) is 2.83. The quantitative estimate of drug-likeness (QED) is 0.847. The van der Waals surface area contributed by atoms with Crippen molar-refractivity contribution in [1.29, 1.82) is 0 Å². The summed E-state index contributed by atoms with van der Waals surface area (Å²) < 4.78 is 12.9. The molecule has 0 saturated heterocycles. The number of nitrogen functional groups attached to an aromatic ring is 1. The van der Waals surface area contributed by atoms with Gasteiger partial charge in [-0.25, -0.2) is 4.39 Å². The van der Waals surface area contributed by atoms with Crippen molar-refractivity contribution in [1.82, 2.24) is 10.2 Å². The molecule has 0 atom stereocenters. The lowest BCUT2D eigenvalue weighted by atomic mass is 10.1. The summed E-state index contributed by atoms with van der Waals surface area (Å²) in [6.45, 7) is 1.97. The molecule has 0 unspecified atom stereocenters. The fourth-order valence-corrected chi connectivity index (χ4v) is 1.91. The monoisotopic (exact) mass is 239 g/mol. The van der Waals surface area contributed by atoms with Crippen LogP contribution < -0.4 is 5.73 Å². The summed E-state index contributed by atoms with van der Waals surface area (Å²) in [7, 11) is 0. The number of H-pyrrole nitrogens is 1. The molecule has 1 aromatic carbocycles. The third-order valence-electron chi connectivity index (χ3n) is 2.45. The molecule has 3 nitrogen and oxygen atoms in total. The maximum absolute atomic E-state index is 12.9. The average Bonchev–Trinajstić information content (AvgIpc) is 2.59. The summed E-state index contributed by atoms with van der Waals surface area (Å²) >= 11 is 5.97. The summed E-state index contributed by atoms with van der Waals surface area (Å²) in [6, 6.07) is 4.24. The van der Waals surface area contributed by atoms with E-state index in [1.807, 2.05) is 6.92 Å². The van der Waals surface area contributed by atoms with E-state index in [1.165, 1.54) is 12.1 Å². The van der Waals surface area contributed by atoms with Gasteiger partial charge in [0.25, 0.3) is 0 Å². The molecule has 0 spiro atoms. The van der Waals surface area contributed by atoms with Crippen LogP contribution in [-0.2, 0) is 6.42 Å². The number of nitrogens with one attached hydrogen (secondary N) is 1. The fourth-order valence-electron chi connectivity index (χ4n) is 1.65. The van der Waals surface area contributed by atoms with Gasteiger partial charge in [0.15, 0.2) is 0 Å². The number of hydrogen-bond donors (Lipinski definition) is 2. The Bertz CT molecular complexity index is 522. The van der Waals surface area contributed by atoms with Crippen LogP contribution in [-0.4, -0.2) is 10.2 Å². The molecule has 1 aromatic heterocycles. The first-order valence-electron chi connectivity index (χ1n) is 4.91. The second-order valence-corrected chi connectivity index (χ2v) is 3.85. The summed E-state index contributed by atoms with van der Waals surface area (Å²) in [5.74, 6) is 0.0946. The van der Waals surface area contributed by atoms with Gasteiger partial charge in [-0.3, -0.25) is 5.10 Å². The van der Waals surface area contributed by atoms with E-state index >= 15 is 0 Å². The number of benzene rings is 1. The standard InChI is InChI=1S/C11H11ClFN3/c1-2-7-10(15-16-11(7)14)8-4-3-6(13)5-9(8)12/h3-5H,2H2,1H3,(H3,14,15,16). The summed E-state index contributed by atoms with van der Waals surface area (Å²) in [5, 5.41) is 7.09. The predicted octanol–water partition coefficient (Wildman–Crippen LogP) is 3.01. The number of aromatic nitrogens is 2. The number of halogens is 2. The van der Waals surface area contributed by atoms with Crippen LogP contribution in [0.5, 0.6) is 0 Å². The van der Waals surface area contributed by atoms with Gasteiger partial charge in [-0.15, -0.1) is 0 Å². The first-order chi connectivity index (χ1) is 7.63. The topological polar surface area (TPSA) is 54.7 Å². The van der Waals surface area contributed by atoms with E-state index in [0.717, 1.165) is 17.7 Å². The molecule has 1 heterocycles. The van der Waals surface area contributed by atoms with Crippen molar-refractivity contribution < 1.29 is 4.39 Å². The van der Waals surface area contributed by atoms with Crippen LogP contribution in [0.15, 0.2) is 18.2 Å². The lowest BCUT2D eigenvalue weighted by Crippen LogP contribution is -1.91. The van der Waals surface area contributed by atoms with Gasteiger partial charge in [0.05, 0.1) is 10.7 Å². The van der Waals surface area contributed by atoms with Gasteiger partial charge in [-0.1, -0.05) is 18.5 Å². The molecule has 0 bridgehead atoms. The molecule has 84 valence electrons. The fraction of sp³-hybridized carbons (Fsp3) is 0.182. The van der Waals surface area contributed by atoms with Gasteiger partial charge >= 0.3 is 0 Å². The number of nitrogens with zero attached hydrogens (tertiary/aromatic N) is 1. The number of aromatic amines is 1. The van der Waals surface area contributed by atoms with Crippen molar-refractivity contribution in [2.45, 2.75) is 13.3 Å². The molecule has 0 radical (unpaired) electrons. The molecular weight excluding hydrogens is 229 g/mol. The van der Waals surface area contributed by atoms with E-state index in [2.05, 4.69) is 10.2 Å². The maximum atomic E-state index is 12.9. The number of rotatable bonds is 2. The minimum atomic E-state index is -0.362. The van der Waals surface area contributed by atoms with Crippen molar-refractivity contribution in [3.05, 3.63) is 34.6 Å². The van der Waals surface area contributed by atoms with Gasteiger partial charge in [0.1, 0.15) is 11.6 Å². The molecule has 0 aliphatic heterocycles. The van der Waals surface area contributed by atoms with Gasteiger partial charge in [-0.2, -0.15) is 5.10 Å². The van der Waals surface area contributed by atoms with Crippen LogP contribution >= 0.6 is 11.6 Å². The van der Waals surface area contributed by atoms with Crippen molar-refractivity contribution in [2.24, 2.45) is 0 Å². The Morgan fingerprint density at radius 3 is 2.88 bits per heavy atom. The Balaban J connectivity index is 2.58. The van der Waals surface area contributed by atoms with Gasteiger partial charge < -0.3 is 5.73 Å². The van der Waals surface area contributed by atoms with Gasteiger partial charge in [0.2, 0.25) is 0 Å². The molecule has 2 aromatic rings. The molecule has 0 amide bonds. The van der Waals surface area contributed by atoms with E-state index < -0.39 is 0 Å². The lowest BCUT2D eigenvalue weighted by molar-refractivity contribution is 0.628. The summed E-state index contributed by atoms with van der Waals surface area (Å²) in [4.78, 5) is 0. The Hall–Kier alpha value is -1.55. The molecular formula is C11H11ClFN3. The zero-order chi connectivity index (χ0) is 11.7. The highest BCUT2D eigenvalue weighted by Crippen LogP contribution is 2.31. The zero-order valence-corrected chi connectivity index (χ0v) is 9.48. The maximum Gasteiger partial charge on any atom is 0.149 e. The van der Waals surface area contributed by atoms with Crippen LogP contribution in [0, 0.1) is 5.82 Å².